The molecule has 0 N–H and O–H groups in total. The zero-order chi connectivity index (χ0) is 30.8. The third-order valence-electron chi connectivity index (χ3n) is 10.4. The first-order valence-corrected chi connectivity index (χ1v) is 17.1. The largest absolute Gasteiger partial charge is 0.0888 e. The van der Waals surface area contributed by atoms with Crippen molar-refractivity contribution in [2.45, 2.75) is 35.0 Å². The summed E-state index contributed by atoms with van der Waals surface area (Å²) in [4.78, 5) is 2.56. The molecule has 7 aromatic carbocycles. The van der Waals surface area contributed by atoms with E-state index in [9.17, 15) is 0 Å². The Balaban J connectivity index is 1.16. The van der Waals surface area contributed by atoms with Crippen LogP contribution in [0.2, 0.25) is 0 Å². The van der Waals surface area contributed by atoms with E-state index in [2.05, 4.69) is 172 Å². The van der Waals surface area contributed by atoms with E-state index in [1.807, 2.05) is 11.8 Å². The summed E-state index contributed by atoms with van der Waals surface area (Å²) in [5.41, 5.74) is 8.24. The van der Waals surface area contributed by atoms with Gasteiger partial charge in [-0.2, -0.15) is 0 Å². The molecule has 220 valence electrons. The van der Waals surface area contributed by atoms with Gasteiger partial charge in [-0.3, -0.25) is 0 Å². The van der Waals surface area contributed by atoms with Gasteiger partial charge < -0.3 is 0 Å². The molecule has 9 rings (SSSR count). The minimum Gasteiger partial charge on any atom is -0.0888 e. The number of benzene rings is 7. The van der Waals surface area contributed by atoms with Gasteiger partial charge in [-0.25, -0.2) is 0 Å². The van der Waals surface area contributed by atoms with Crippen molar-refractivity contribution in [2.24, 2.45) is 5.92 Å². The van der Waals surface area contributed by atoms with Crippen LogP contribution in [0.1, 0.15) is 30.9 Å². The minimum absolute atomic E-state index is 0.0733. The molecule has 1 heteroatoms. The van der Waals surface area contributed by atoms with Crippen LogP contribution in [0.4, 0.5) is 0 Å². The van der Waals surface area contributed by atoms with Crippen LogP contribution in [0.25, 0.3) is 54.6 Å². The van der Waals surface area contributed by atoms with E-state index >= 15 is 0 Å². The highest BCUT2D eigenvalue weighted by molar-refractivity contribution is 7.99. The zero-order valence-electron chi connectivity index (χ0n) is 26.1. The summed E-state index contributed by atoms with van der Waals surface area (Å²) in [5.74, 6) is 0.925. The Bertz CT molecular complexity index is 2300. The predicted molar refractivity (Wildman–Crippen MR) is 198 cm³/mol. The lowest BCUT2D eigenvalue weighted by Crippen LogP contribution is -2.24. The molecule has 0 saturated heterocycles. The van der Waals surface area contributed by atoms with Crippen molar-refractivity contribution in [1.29, 1.82) is 0 Å². The molecule has 2 unspecified atom stereocenters. The number of allylic oxidation sites excluding steroid dienone is 4. The van der Waals surface area contributed by atoms with Crippen molar-refractivity contribution in [1.82, 2.24) is 0 Å². The average Bonchev–Trinajstić information content (AvgIpc) is 3.34. The second-order valence-corrected chi connectivity index (χ2v) is 14.3. The fourth-order valence-corrected chi connectivity index (χ4v) is 9.30. The maximum absolute atomic E-state index is 2.50. The second kappa shape index (κ2) is 10.6. The first kappa shape index (κ1) is 27.5. The standard InChI is InChI=1S/C45H34S/c1-45(2)40-23-13-12-22-38(40)43-33-17-7-6-16-32(33)39(28-41(43)45)29-24-26-31(27-25-29)46-44-36-20-10-8-18-34(36)42(30-14-4-3-5-15-30)35-19-9-11-21-37(35)44/h3-28,38,40H,1-2H3. The van der Waals surface area contributed by atoms with Gasteiger partial charge in [0.15, 0.2) is 0 Å². The molecule has 0 nitrogen and oxygen atoms in total. The fourth-order valence-electron chi connectivity index (χ4n) is 8.22. The van der Waals surface area contributed by atoms with Crippen molar-refractivity contribution in [3.63, 3.8) is 0 Å². The summed E-state index contributed by atoms with van der Waals surface area (Å²) in [7, 11) is 0. The quantitative estimate of drug-likeness (QED) is 0.180. The van der Waals surface area contributed by atoms with E-state index in [1.54, 1.807) is 0 Å². The third-order valence-corrected chi connectivity index (χ3v) is 11.6. The molecule has 0 aromatic heterocycles. The van der Waals surface area contributed by atoms with E-state index in [0.29, 0.717) is 11.8 Å². The van der Waals surface area contributed by atoms with Gasteiger partial charge >= 0.3 is 0 Å². The van der Waals surface area contributed by atoms with Crippen LogP contribution in [0.5, 0.6) is 0 Å². The molecule has 2 aliphatic carbocycles. The van der Waals surface area contributed by atoms with Crippen molar-refractivity contribution < 1.29 is 0 Å². The topological polar surface area (TPSA) is 0 Å². The summed E-state index contributed by atoms with van der Waals surface area (Å²) in [6.45, 7) is 4.85. The van der Waals surface area contributed by atoms with Crippen molar-refractivity contribution >= 4 is 44.1 Å². The van der Waals surface area contributed by atoms with E-state index in [1.165, 1.54) is 75.5 Å². The smallest absolute Gasteiger partial charge is 0.0279 e. The van der Waals surface area contributed by atoms with Gasteiger partial charge in [0.2, 0.25) is 0 Å². The van der Waals surface area contributed by atoms with Gasteiger partial charge in [0.1, 0.15) is 0 Å². The minimum atomic E-state index is 0.0733. The number of hydrogen-bond donors (Lipinski definition) is 0. The highest BCUT2D eigenvalue weighted by Gasteiger charge is 2.45. The van der Waals surface area contributed by atoms with Crippen LogP contribution in [0.15, 0.2) is 168 Å². The number of fused-ring (bicyclic) bond motifs is 7. The lowest BCUT2D eigenvalue weighted by Gasteiger charge is -2.29. The molecule has 0 heterocycles. The summed E-state index contributed by atoms with van der Waals surface area (Å²) >= 11 is 1.88. The number of hydrogen-bond acceptors (Lipinski definition) is 1. The zero-order valence-corrected chi connectivity index (χ0v) is 26.9. The molecule has 0 fully saturated rings. The molecule has 2 aliphatic rings. The van der Waals surface area contributed by atoms with E-state index in [0.717, 1.165) is 0 Å². The van der Waals surface area contributed by atoms with Crippen LogP contribution in [-0.2, 0) is 5.41 Å². The van der Waals surface area contributed by atoms with Gasteiger partial charge in [-0.1, -0.05) is 165 Å². The van der Waals surface area contributed by atoms with Gasteiger partial charge in [0.05, 0.1) is 0 Å². The number of rotatable bonds is 4. The summed E-state index contributed by atoms with van der Waals surface area (Å²) in [5, 5.41) is 7.92. The molecule has 0 aliphatic heterocycles. The van der Waals surface area contributed by atoms with Crippen molar-refractivity contribution in [2.75, 3.05) is 0 Å². The molecule has 7 aromatic rings. The van der Waals surface area contributed by atoms with Gasteiger partial charge in [-0.15, -0.1) is 0 Å². The molecule has 0 amide bonds. The molecule has 0 bridgehead atoms. The van der Waals surface area contributed by atoms with Gasteiger partial charge in [-0.05, 0) is 95.2 Å². The van der Waals surface area contributed by atoms with Crippen molar-refractivity contribution in [3.05, 3.63) is 169 Å². The van der Waals surface area contributed by atoms with E-state index in [4.69, 9.17) is 0 Å². The molecule has 0 saturated carbocycles. The normalized spacial score (nSPS) is 17.9. The van der Waals surface area contributed by atoms with Crippen LogP contribution < -0.4 is 0 Å². The van der Waals surface area contributed by atoms with Crippen LogP contribution in [0, 0.1) is 5.92 Å². The molecule has 2 atom stereocenters. The van der Waals surface area contributed by atoms with Crippen molar-refractivity contribution in [3.8, 4) is 22.3 Å². The van der Waals surface area contributed by atoms with Gasteiger partial charge in [0, 0.05) is 15.7 Å². The maximum Gasteiger partial charge on any atom is 0.0279 e. The Kier molecular flexibility index (Phi) is 6.33. The highest BCUT2D eigenvalue weighted by Crippen LogP contribution is 2.56. The van der Waals surface area contributed by atoms with Crippen LogP contribution >= 0.6 is 11.8 Å². The first-order valence-electron chi connectivity index (χ1n) is 16.3. The second-order valence-electron chi connectivity index (χ2n) is 13.3. The van der Waals surface area contributed by atoms with Gasteiger partial charge in [0.25, 0.3) is 0 Å². The molecule has 0 spiro atoms. The Morgan fingerprint density at radius 2 is 1.09 bits per heavy atom. The monoisotopic (exact) mass is 606 g/mol. The lowest BCUT2D eigenvalue weighted by atomic mass is 9.74. The molecule has 46 heavy (non-hydrogen) atoms. The SMILES string of the molecule is CC1(C)c2cc(-c3ccc(Sc4c5ccccc5c(-c5ccccc5)c5ccccc45)cc3)c3ccccc3c2C2C=CC=CC21. The Morgan fingerprint density at radius 1 is 0.522 bits per heavy atom. The Morgan fingerprint density at radius 3 is 1.76 bits per heavy atom. The van der Waals surface area contributed by atoms with E-state index in [-0.39, 0.29) is 5.41 Å². The third kappa shape index (κ3) is 4.15. The fraction of sp³-hybridized carbons (Fsp3) is 0.111. The highest BCUT2D eigenvalue weighted by atomic mass is 32.2. The molecular weight excluding hydrogens is 573 g/mol. The summed E-state index contributed by atoms with van der Waals surface area (Å²) in [6, 6.07) is 49.4. The molecule has 0 radical (unpaired) electrons. The Hall–Kier alpha value is -4.85. The molecular formula is C45H34S. The van der Waals surface area contributed by atoms with Crippen LogP contribution in [-0.4, -0.2) is 0 Å². The van der Waals surface area contributed by atoms with E-state index < -0.39 is 0 Å². The Labute approximate surface area is 275 Å². The van der Waals surface area contributed by atoms with Crippen LogP contribution in [0.3, 0.4) is 0 Å². The maximum atomic E-state index is 2.50. The predicted octanol–water partition coefficient (Wildman–Crippen LogP) is 12.7. The summed E-state index contributed by atoms with van der Waals surface area (Å²) in [6.07, 6.45) is 9.30. The average molecular weight is 607 g/mol. The summed E-state index contributed by atoms with van der Waals surface area (Å²) < 4.78 is 0. The lowest BCUT2D eigenvalue weighted by molar-refractivity contribution is 0.394. The first-order chi connectivity index (χ1) is 22.6.